The third-order valence-electron chi connectivity index (χ3n) is 3.08. The largest absolute Gasteiger partial charge is 0.298 e. The minimum Gasteiger partial charge on any atom is -0.298 e. The van der Waals surface area contributed by atoms with Crippen LogP contribution in [-0.2, 0) is 4.79 Å². The first-order valence-corrected chi connectivity index (χ1v) is 5.50. The highest BCUT2D eigenvalue weighted by molar-refractivity contribution is 5.72. The highest BCUT2D eigenvalue weighted by atomic mass is 16.1. The Hall–Kier alpha value is -0.850. The van der Waals surface area contributed by atoms with Gasteiger partial charge in [0.1, 0.15) is 6.29 Å². The minimum atomic E-state index is 0.568. The van der Waals surface area contributed by atoms with Crippen molar-refractivity contribution in [2.75, 3.05) is 0 Å². The molecular weight excluding hydrogens is 172 g/mol. The monoisotopic (exact) mass is 192 g/mol. The molecule has 0 aromatic rings. The zero-order chi connectivity index (χ0) is 10.6. The van der Waals surface area contributed by atoms with Crippen LogP contribution < -0.4 is 0 Å². The van der Waals surface area contributed by atoms with Crippen LogP contribution in [0.5, 0.6) is 0 Å². The lowest BCUT2D eigenvalue weighted by Crippen LogP contribution is -2.13. The Kier molecular flexibility index (Phi) is 4.12. The number of allylic oxidation sites excluding steroid dienone is 4. The Morgan fingerprint density at radius 3 is 2.86 bits per heavy atom. The van der Waals surface area contributed by atoms with E-state index in [1.807, 2.05) is 6.92 Å². The van der Waals surface area contributed by atoms with E-state index < -0.39 is 0 Å². The van der Waals surface area contributed by atoms with Crippen LogP contribution >= 0.6 is 0 Å². The second kappa shape index (κ2) is 5.14. The molecule has 1 rings (SSSR count). The summed E-state index contributed by atoms with van der Waals surface area (Å²) in [5.41, 5.74) is 2.45. The van der Waals surface area contributed by atoms with Gasteiger partial charge < -0.3 is 0 Å². The van der Waals surface area contributed by atoms with Crippen molar-refractivity contribution in [3.8, 4) is 0 Å². The van der Waals surface area contributed by atoms with Gasteiger partial charge in [-0.25, -0.2) is 0 Å². The fraction of sp³-hybridized carbons (Fsp3) is 0.615. The summed E-state index contributed by atoms with van der Waals surface area (Å²) in [7, 11) is 0. The predicted octanol–water partition coefficient (Wildman–Crippen LogP) is 3.51. The van der Waals surface area contributed by atoms with Crippen molar-refractivity contribution in [1.29, 1.82) is 0 Å². The minimum absolute atomic E-state index is 0.568. The van der Waals surface area contributed by atoms with Gasteiger partial charge in [0.2, 0.25) is 0 Å². The van der Waals surface area contributed by atoms with Crippen molar-refractivity contribution in [2.45, 2.75) is 40.0 Å². The van der Waals surface area contributed by atoms with Gasteiger partial charge in [0, 0.05) is 0 Å². The van der Waals surface area contributed by atoms with Crippen molar-refractivity contribution >= 4 is 6.29 Å². The number of hydrogen-bond acceptors (Lipinski definition) is 1. The zero-order valence-electron chi connectivity index (χ0n) is 9.42. The number of carbonyl (C=O) groups is 1. The molecule has 0 bridgehead atoms. The molecule has 0 fully saturated rings. The highest BCUT2D eigenvalue weighted by Crippen LogP contribution is 2.30. The molecule has 2 atom stereocenters. The van der Waals surface area contributed by atoms with Crippen LogP contribution in [0, 0.1) is 11.8 Å². The molecule has 78 valence electrons. The van der Waals surface area contributed by atoms with Gasteiger partial charge in [0.05, 0.1) is 0 Å². The zero-order valence-corrected chi connectivity index (χ0v) is 9.42. The van der Waals surface area contributed by atoms with E-state index in [-0.39, 0.29) is 0 Å². The van der Waals surface area contributed by atoms with Crippen LogP contribution in [0.3, 0.4) is 0 Å². The lowest BCUT2D eigenvalue weighted by atomic mass is 9.81. The molecule has 0 amide bonds. The van der Waals surface area contributed by atoms with E-state index in [0.717, 1.165) is 18.3 Å². The quantitative estimate of drug-likeness (QED) is 0.380. The maximum Gasteiger partial charge on any atom is 0.145 e. The van der Waals surface area contributed by atoms with Gasteiger partial charge in [0.15, 0.2) is 0 Å². The van der Waals surface area contributed by atoms with Gasteiger partial charge in [0.25, 0.3) is 0 Å². The molecule has 0 spiro atoms. The summed E-state index contributed by atoms with van der Waals surface area (Å²) in [6.45, 7) is 6.47. The van der Waals surface area contributed by atoms with Crippen LogP contribution in [0.25, 0.3) is 0 Å². The van der Waals surface area contributed by atoms with Crippen molar-refractivity contribution in [3.05, 3.63) is 23.3 Å². The van der Waals surface area contributed by atoms with E-state index >= 15 is 0 Å². The van der Waals surface area contributed by atoms with Gasteiger partial charge in [-0.2, -0.15) is 0 Å². The van der Waals surface area contributed by atoms with Gasteiger partial charge in [-0.05, 0) is 43.6 Å². The fourth-order valence-corrected chi connectivity index (χ4v) is 2.06. The Morgan fingerprint density at radius 1 is 1.64 bits per heavy atom. The lowest BCUT2D eigenvalue weighted by molar-refractivity contribution is -0.105. The smallest absolute Gasteiger partial charge is 0.145 e. The maximum absolute atomic E-state index is 10.7. The van der Waals surface area contributed by atoms with Crippen LogP contribution in [0.4, 0.5) is 0 Å². The Labute approximate surface area is 86.9 Å². The normalized spacial score (nSPS) is 28.5. The molecular formula is C13H20O. The van der Waals surface area contributed by atoms with E-state index in [0.29, 0.717) is 11.8 Å². The standard InChI is InChI=1S/C13H20O/c1-4-12(9-14)8-13-6-5-10(2)7-11(13)3/h7-9,11,13H,4-6H2,1-3H3/b12-8+/t11?,13-/m0/s1. The second-order valence-corrected chi connectivity index (χ2v) is 4.29. The average molecular weight is 192 g/mol. The first-order valence-electron chi connectivity index (χ1n) is 5.50. The lowest BCUT2D eigenvalue weighted by Gasteiger charge is -2.24. The highest BCUT2D eigenvalue weighted by Gasteiger charge is 2.17. The summed E-state index contributed by atoms with van der Waals surface area (Å²) in [5.74, 6) is 1.16. The first-order chi connectivity index (χ1) is 6.67. The molecule has 1 unspecified atom stereocenters. The molecule has 0 saturated heterocycles. The predicted molar refractivity (Wildman–Crippen MR) is 60.1 cm³/mol. The molecule has 14 heavy (non-hydrogen) atoms. The third-order valence-corrected chi connectivity index (χ3v) is 3.08. The molecule has 0 heterocycles. The van der Waals surface area contributed by atoms with E-state index in [9.17, 15) is 4.79 Å². The molecule has 0 aromatic carbocycles. The van der Waals surface area contributed by atoms with Crippen LogP contribution in [0.1, 0.15) is 40.0 Å². The summed E-state index contributed by atoms with van der Waals surface area (Å²) in [5, 5.41) is 0. The van der Waals surface area contributed by atoms with Gasteiger partial charge in [-0.3, -0.25) is 4.79 Å². The summed E-state index contributed by atoms with van der Waals surface area (Å²) >= 11 is 0. The molecule has 1 heteroatoms. The fourth-order valence-electron chi connectivity index (χ4n) is 2.06. The van der Waals surface area contributed by atoms with E-state index in [1.54, 1.807) is 0 Å². The number of rotatable bonds is 3. The van der Waals surface area contributed by atoms with Crippen molar-refractivity contribution < 1.29 is 4.79 Å². The number of carbonyl (C=O) groups excluding carboxylic acids is 1. The summed E-state index contributed by atoms with van der Waals surface area (Å²) in [4.78, 5) is 10.7. The maximum atomic E-state index is 10.7. The molecule has 1 aliphatic carbocycles. The first kappa shape index (κ1) is 11.2. The molecule has 0 N–H and O–H groups in total. The van der Waals surface area contributed by atoms with Crippen molar-refractivity contribution in [2.24, 2.45) is 11.8 Å². The second-order valence-electron chi connectivity index (χ2n) is 4.29. The Bertz CT molecular complexity index is 260. The average Bonchev–Trinajstić information content (AvgIpc) is 2.17. The topological polar surface area (TPSA) is 17.1 Å². The number of aldehydes is 1. The van der Waals surface area contributed by atoms with Crippen molar-refractivity contribution in [3.63, 3.8) is 0 Å². The van der Waals surface area contributed by atoms with Gasteiger partial charge in [-0.15, -0.1) is 0 Å². The molecule has 1 nitrogen and oxygen atoms in total. The molecule has 0 aromatic heterocycles. The summed E-state index contributed by atoms with van der Waals surface area (Å²) in [6, 6.07) is 0. The summed E-state index contributed by atoms with van der Waals surface area (Å²) < 4.78 is 0. The summed E-state index contributed by atoms with van der Waals surface area (Å²) in [6.07, 6.45) is 8.73. The molecule has 0 saturated carbocycles. The SMILES string of the molecule is CC/C(C=O)=C\[C@@H]1CCC(C)=CC1C. The van der Waals surface area contributed by atoms with Crippen LogP contribution in [0.15, 0.2) is 23.3 Å². The van der Waals surface area contributed by atoms with Gasteiger partial charge >= 0.3 is 0 Å². The Morgan fingerprint density at radius 2 is 2.36 bits per heavy atom. The molecule has 0 radical (unpaired) electrons. The van der Waals surface area contributed by atoms with Crippen LogP contribution in [0.2, 0.25) is 0 Å². The van der Waals surface area contributed by atoms with Gasteiger partial charge in [-0.1, -0.05) is 31.6 Å². The Balaban J connectivity index is 2.71. The van der Waals surface area contributed by atoms with E-state index in [2.05, 4.69) is 26.0 Å². The number of hydrogen-bond donors (Lipinski definition) is 0. The molecule has 0 aliphatic heterocycles. The third kappa shape index (κ3) is 2.83. The van der Waals surface area contributed by atoms with E-state index in [1.165, 1.54) is 18.4 Å². The molecule has 1 aliphatic rings. The van der Waals surface area contributed by atoms with Crippen LogP contribution in [-0.4, -0.2) is 6.29 Å². The van der Waals surface area contributed by atoms with Crippen molar-refractivity contribution in [1.82, 2.24) is 0 Å². The van der Waals surface area contributed by atoms with E-state index in [4.69, 9.17) is 0 Å².